The molecule has 2 aromatic rings. The number of phenols is 1. The number of hydrogen-bond acceptors (Lipinski definition) is 9. The molecule has 0 radical (unpaired) electrons. The van der Waals surface area contributed by atoms with Crippen molar-refractivity contribution >= 4 is 23.9 Å². The topological polar surface area (TPSA) is 175 Å². The Kier molecular flexibility index (Phi) is 12.5. The third-order valence-electron chi connectivity index (χ3n) is 5.83. The number of benzene rings is 2. The summed E-state index contributed by atoms with van der Waals surface area (Å²) in [7, 11) is 0. The summed E-state index contributed by atoms with van der Waals surface area (Å²) >= 11 is 0. The average molecular weight is 602 g/mol. The van der Waals surface area contributed by atoms with Gasteiger partial charge in [-0.3, -0.25) is 9.59 Å². The fraction of sp³-hybridized carbons (Fsp3) is 0.484. The Bertz CT molecular complexity index is 1240. The largest absolute Gasteiger partial charge is 0.508 e. The Hall–Kier alpha value is -4.16. The molecule has 3 unspecified atom stereocenters. The van der Waals surface area contributed by atoms with Crippen molar-refractivity contribution in [3.63, 3.8) is 0 Å². The highest BCUT2D eigenvalue weighted by Gasteiger charge is 2.38. The summed E-state index contributed by atoms with van der Waals surface area (Å²) in [6.45, 7) is 8.12. The molecule has 0 saturated heterocycles. The average Bonchev–Trinajstić information content (AvgIpc) is 2.89. The molecule has 12 heteroatoms. The summed E-state index contributed by atoms with van der Waals surface area (Å²) in [5.74, 6) is -2.65. The Morgan fingerprint density at radius 3 is 2.00 bits per heavy atom. The van der Waals surface area contributed by atoms with Crippen molar-refractivity contribution in [1.29, 1.82) is 0 Å². The van der Waals surface area contributed by atoms with Gasteiger partial charge >= 0.3 is 12.1 Å². The predicted molar refractivity (Wildman–Crippen MR) is 158 cm³/mol. The van der Waals surface area contributed by atoms with E-state index in [1.165, 1.54) is 24.3 Å². The smallest absolute Gasteiger partial charge is 0.408 e. The van der Waals surface area contributed by atoms with Crippen LogP contribution >= 0.6 is 0 Å². The molecule has 0 heterocycles. The summed E-state index contributed by atoms with van der Waals surface area (Å²) in [4.78, 5) is 54.3. The van der Waals surface area contributed by atoms with Crippen LogP contribution in [0.3, 0.4) is 0 Å². The Labute approximate surface area is 252 Å². The summed E-state index contributed by atoms with van der Waals surface area (Å²) < 4.78 is 10.8. The van der Waals surface area contributed by atoms with Crippen LogP contribution in [-0.4, -0.2) is 87.1 Å². The van der Waals surface area contributed by atoms with Gasteiger partial charge in [-0.15, -0.1) is 0 Å². The molecule has 2 rings (SSSR count). The van der Waals surface area contributed by atoms with Gasteiger partial charge < -0.3 is 40.3 Å². The molecule has 43 heavy (non-hydrogen) atoms. The third kappa shape index (κ3) is 11.6. The lowest BCUT2D eigenvalue weighted by atomic mass is 10.0. The third-order valence-corrected chi connectivity index (χ3v) is 5.83. The Morgan fingerprint density at radius 2 is 1.47 bits per heavy atom. The van der Waals surface area contributed by atoms with Crippen LogP contribution < -0.4 is 10.6 Å². The van der Waals surface area contributed by atoms with E-state index >= 15 is 0 Å². The van der Waals surface area contributed by atoms with Crippen molar-refractivity contribution in [2.24, 2.45) is 0 Å². The molecule has 5 N–H and O–H groups in total. The first-order valence-electron chi connectivity index (χ1n) is 13.9. The maximum atomic E-state index is 14.0. The summed E-state index contributed by atoms with van der Waals surface area (Å²) in [6, 6.07) is 10.3. The maximum Gasteiger partial charge on any atom is 0.408 e. The van der Waals surface area contributed by atoms with E-state index in [4.69, 9.17) is 9.47 Å². The molecule has 236 valence electrons. The maximum absolute atomic E-state index is 14.0. The fourth-order valence-electron chi connectivity index (χ4n) is 4.14. The highest BCUT2D eigenvalue weighted by atomic mass is 16.6. The first-order chi connectivity index (χ1) is 20.0. The zero-order valence-electron chi connectivity index (χ0n) is 25.5. The number of rotatable bonds is 12. The number of amides is 3. The molecule has 2 aromatic carbocycles. The molecule has 0 aromatic heterocycles. The molecule has 3 atom stereocenters. The van der Waals surface area contributed by atoms with Gasteiger partial charge in [0.15, 0.2) is 0 Å². The number of aliphatic hydroxyl groups excluding tert-OH is 2. The van der Waals surface area contributed by atoms with E-state index in [1.807, 2.05) is 6.07 Å². The normalized spacial score (nSPS) is 13.7. The second kappa shape index (κ2) is 15.4. The predicted octanol–water partition coefficient (Wildman–Crippen LogP) is 2.21. The van der Waals surface area contributed by atoms with E-state index in [1.54, 1.807) is 65.8 Å². The first kappa shape index (κ1) is 35.0. The monoisotopic (exact) mass is 601 g/mol. The number of aliphatic hydroxyl groups is 2. The van der Waals surface area contributed by atoms with Crippen molar-refractivity contribution in [3.05, 3.63) is 65.7 Å². The number of esters is 1. The zero-order valence-corrected chi connectivity index (χ0v) is 25.5. The standard InChI is InChI=1S/C31H43N3O9/c1-30(2,3)42-28(40)23(17-20-11-8-7-9-12-20)32-26(38)25(21-13-10-14-22(37)18-21)34(15-16-35)27(39)24(19-36)33-29(41)43-31(4,5)6/h7-14,18,23-25,35-37H,15-17,19H2,1-6H3,(H,32,38)(H,33,41). The summed E-state index contributed by atoms with van der Waals surface area (Å²) in [6.07, 6.45) is -0.906. The number of phenolic OH excluding ortho intramolecular Hbond substituents is 1. The van der Waals surface area contributed by atoms with Crippen molar-refractivity contribution < 1.29 is 44.0 Å². The van der Waals surface area contributed by atoms with Crippen LogP contribution in [0.2, 0.25) is 0 Å². The van der Waals surface area contributed by atoms with E-state index in [-0.39, 0.29) is 17.7 Å². The number of nitrogens with one attached hydrogen (secondary N) is 2. The number of carbonyl (C=O) groups excluding carboxylic acids is 4. The lowest BCUT2D eigenvalue weighted by molar-refractivity contribution is -0.159. The van der Waals surface area contributed by atoms with Gasteiger partial charge in [0.05, 0.1) is 13.2 Å². The van der Waals surface area contributed by atoms with Gasteiger partial charge in [0.2, 0.25) is 11.8 Å². The molecule has 0 aliphatic carbocycles. The van der Waals surface area contributed by atoms with Crippen LogP contribution in [0.25, 0.3) is 0 Å². The molecule has 0 aliphatic rings. The number of ether oxygens (including phenoxy) is 2. The number of carbonyl (C=O) groups is 4. The summed E-state index contributed by atoms with van der Waals surface area (Å²) in [5.41, 5.74) is -0.868. The van der Waals surface area contributed by atoms with Crippen molar-refractivity contribution in [2.45, 2.75) is 77.3 Å². The molecular weight excluding hydrogens is 558 g/mol. The van der Waals surface area contributed by atoms with Gasteiger partial charge in [-0.05, 0) is 64.8 Å². The number of hydrogen-bond donors (Lipinski definition) is 5. The van der Waals surface area contributed by atoms with Gasteiger partial charge in [-0.2, -0.15) is 0 Å². The number of alkyl carbamates (subject to hydrolysis) is 1. The lowest BCUT2D eigenvalue weighted by Gasteiger charge is -2.34. The quantitative estimate of drug-likeness (QED) is 0.229. The minimum atomic E-state index is -1.54. The number of aromatic hydroxyl groups is 1. The van der Waals surface area contributed by atoms with Gasteiger partial charge in [0.25, 0.3) is 0 Å². The van der Waals surface area contributed by atoms with Gasteiger partial charge in [-0.1, -0.05) is 42.5 Å². The van der Waals surface area contributed by atoms with Gasteiger partial charge in [0, 0.05) is 13.0 Å². The minimum absolute atomic E-state index is 0.0711. The fourth-order valence-corrected chi connectivity index (χ4v) is 4.14. The molecule has 0 fully saturated rings. The van der Waals surface area contributed by atoms with E-state index in [2.05, 4.69) is 10.6 Å². The van der Waals surface area contributed by atoms with E-state index in [0.29, 0.717) is 0 Å². The lowest BCUT2D eigenvalue weighted by Crippen LogP contribution is -2.56. The molecule has 0 spiro atoms. The highest BCUT2D eigenvalue weighted by Crippen LogP contribution is 2.26. The van der Waals surface area contributed by atoms with E-state index in [9.17, 15) is 34.5 Å². The number of nitrogens with zero attached hydrogens (tertiary/aromatic N) is 1. The molecule has 0 aliphatic heterocycles. The zero-order chi connectivity index (χ0) is 32.4. The molecule has 3 amide bonds. The van der Waals surface area contributed by atoms with Crippen LogP contribution in [0.1, 0.15) is 58.7 Å². The van der Waals surface area contributed by atoms with E-state index in [0.717, 1.165) is 10.5 Å². The molecular formula is C31H43N3O9. The second-order valence-electron chi connectivity index (χ2n) is 11.9. The van der Waals surface area contributed by atoms with Crippen LogP contribution in [0, 0.1) is 0 Å². The molecule has 0 saturated carbocycles. The van der Waals surface area contributed by atoms with Crippen LogP contribution in [0.4, 0.5) is 4.79 Å². The van der Waals surface area contributed by atoms with Crippen molar-refractivity contribution in [1.82, 2.24) is 15.5 Å². The Morgan fingerprint density at radius 1 is 0.837 bits per heavy atom. The second-order valence-corrected chi connectivity index (χ2v) is 11.9. The van der Waals surface area contributed by atoms with Gasteiger partial charge in [-0.25, -0.2) is 9.59 Å². The van der Waals surface area contributed by atoms with Gasteiger partial charge in [0.1, 0.15) is 35.1 Å². The van der Waals surface area contributed by atoms with Crippen LogP contribution in [0.5, 0.6) is 5.75 Å². The van der Waals surface area contributed by atoms with Crippen molar-refractivity contribution in [3.8, 4) is 5.75 Å². The van der Waals surface area contributed by atoms with Crippen molar-refractivity contribution in [2.75, 3.05) is 19.8 Å². The summed E-state index contributed by atoms with van der Waals surface area (Å²) in [5, 5.41) is 35.1. The highest BCUT2D eigenvalue weighted by molar-refractivity contribution is 5.94. The van der Waals surface area contributed by atoms with Crippen LogP contribution in [0.15, 0.2) is 54.6 Å². The first-order valence-corrected chi connectivity index (χ1v) is 13.9. The van der Waals surface area contributed by atoms with E-state index < -0.39 is 73.0 Å². The Balaban J connectivity index is 2.52. The molecule has 0 bridgehead atoms. The molecule has 12 nitrogen and oxygen atoms in total. The SMILES string of the molecule is CC(C)(C)OC(=O)NC(CO)C(=O)N(CCO)C(C(=O)NC(Cc1ccccc1)C(=O)OC(C)(C)C)c1cccc(O)c1. The van der Waals surface area contributed by atoms with Crippen LogP contribution in [-0.2, 0) is 30.3 Å². The minimum Gasteiger partial charge on any atom is -0.508 e.